The predicted molar refractivity (Wildman–Crippen MR) is 125 cm³/mol. The van der Waals surface area contributed by atoms with E-state index in [0.29, 0.717) is 0 Å². The molecular weight excluding hydrogens is 386 g/mol. The summed E-state index contributed by atoms with van der Waals surface area (Å²) in [6.45, 7) is 6.05. The molecule has 1 aromatic heterocycles. The maximum Gasteiger partial charge on any atom is 0.325 e. The fourth-order valence-electron chi connectivity index (χ4n) is 5.77. The molecule has 0 radical (unpaired) electrons. The summed E-state index contributed by atoms with van der Waals surface area (Å²) in [4.78, 5) is 25.0. The zero-order valence-corrected chi connectivity index (χ0v) is 18.7. The van der Waals surface area contributed by atoms with Crippen LogP contribution in [0.5, 0.6) is 0 Å². The molecule has 0 bridgehead atoms. The summed E-state index contributed by atoms with van der Waals surface area (Å²) in [5.41, 5.74) is 0. The molecule has 2 aromatic rings. The number of hydrogen-bond donors (Lipinski definition) is 1. The molecule has 2 atom stereocenters. The summed E-state index contributed by atoms with van der Waals surface area (Å²) in [6, 6.07) is 10.6. The van der Waals surface area contributed by atoms with Gasteiger partial charge < -0.3 is 15.1 Å². The van der Waals surface area contributed by atoms with E-state index in [2.05, 4.69) is 40.4 Å². The first kappa shape index (κ1) is 20.7. The maximum absolute atomic E-state index is 13.8. The highest BCUT2D eigenvalue weighted by Crippen LogP contribution is 2.32. The van der Waals surface area contributed by atoms with Crippen LogP contribution in [0, 0.1) is 11.8 Å². The molecule has 5 rings (SSSR count). The van der Waals surface area contributed by atoms with Crippen molar-refractivity contribution in [3.63, 3.8) is 0 Å². The number of nitrogens with one attached hydrogen (secondary N) is 1. The van der Waals surface area contributed by atoms with Gasteiger partial charge in [-0.15, -0.1) is 0 Å². The highest BCUT2D eigenvalue weighted by Gasteiger charge is 2.35. The molecule has 3 saturated heterocycles. The van der Waals surface area contributed by atoms with Crippen molar-refractivity contribution in [3.8, 4) is 0 Å². The second-order valence-electron chi connectivity index (χ2n) is 9.68. The number of amides is 2. The summed E-state index contributed by atoms with van der Waals surface area (Å²) < 4.78 is 0. The van der Waals surface area contributed by atoms with E-state index in [-0.39, 0.29) is 12.1 Å². The molecule has 0 spiro atoms. The Labute approximate surface area is 185 Å². The van der Waals surface area contributed by atoms with Crippen LogP contribution in [0.1, 0.15) is 32.1 Å². The van der Waals surface area contributed by atoms with Crippen molar-refractivity contribution in [1.82, 2.24) is 20.1 Å². The number of carbonyl (C=O) groups is 1. The average molecular weight is 422 g/mol. The van der Waals surface area contributed by atoms with Crippen molar-refractivity contribution in [2.75, 3.05) is 51.2 Å². The van der Waals surface area contributed by atoms with E-state index in [4.69, 9.17) is 4.98 Å². The van der Waals surface area contributed by atoms with Crippen LogP contribution in [0.4, 0.5) is 10.6 Å². The summed E-state index contributed by atoms with van der Waals surface area (Å²) in [6.07, 6.45) is 7.61. The van der Waals surface area contributed by atoms with Crippen molar-refractivity contribution < 1.29 is 4.79 Å². The van der Waals surface area contributed by atoms with E-state index < -0.39 is 0 Å². The number of urea groups is 1. The van der Waals surface area contributed by atoms with Crippen LogP contribution in [0.2, 0.25) is 0 Å². The average Bonchev–Trinajstić information content (AvgIpc) is 3.26. The topological polar surface area (TPSA) is 51.7 Å². The van der Waals surface area contributed by atoms with Gasteiger partial charge in [0.15, 0.2) is 0 Å². The molecule has 6 nitrogen and oxygen atoms in total. The molecule has 3 fully saturated rings. The van der Waals surface area contributed by atoms with Gasteiger partial charge in [0.2, 0.25) is 0 Å². The lowest BCUT2D eigenvalue weighted by Gasteiger charge is -2.40. The number of aromatic nitrogens is 1. The third-order valence-corrected chi connectivity index (χ3v) is 7.61. The monoisotopic (exact) mass is 421 g/mol. The van der Waals surface area contributed by atoms with E-state index >= 15 is 0 Å². The van der Waals surface area contributed by atoms with Gasteiger partial charge in [0, 0.05) is 37.8 Å². The van der Waals surface area contributed by atoms with Crippen LogP contribution in [0.15, 0.2) is 36.5 Å². The first-order valence-electron chi connectivity index (χ1n) is 12.0. The number of rotatable bonds is 3. The molecule has 0 saturated carbocycles. The maximum atomic E-state index is 13.8. The smallest absolute Gasteiger partial charge is 0.324 e. The zero-order valence-electron chi connectivity index (χ0n) is 18.7. The minimum Gasteiger partial charge on any atom is -0.324 e. The SMILES string of the molecule is CN1CCC(C2CCN(C(=O)N(c3cc4ccccc4cn3)[C@@H]3CCCNC3)CC2)C1. The van der Waals surface area contributed by atoms with E-state index in [9.17, 15) is 4.79 Å². The Morgan fingerprint density at radius 3 is 2.55 bits per heavy atom. The molecule has 6 heteroatoms. The number of benzene rings is 1. The normalized spacial score (nSPS) is 25.8. The van der Waals surface area contributed by atoms with Gasteiger partial charge in [-0.3, -0.25) is 4.90 Å². The standard InChI is InChI=1S/C25H35N5O/c1-28-12-8-22(18-28)19-9-13-29(14-10-19)25(31)30(23-7-4-11-26-17-23)24-15-20-5-2-3-6-21(20)16-27-24/h2-3,5-6,15-16,19,22-23,26H,4,7-14,17-18H2,1H3/t22?,23-/m1/s1. The lowest BCUT2D eigenvalue weighted by Crippen LogP contribution is -2.55. The van der Waals surface area contributed by atoms with Gasteiger partial charge in [-0.25, -0.2) is 9.78 Å². The molecule has 3 aliphatic rings. The number of anilines is 1. The Morgan fingerprint density at radius 2 is 1.84 bits per heavy atom. The van der Waals surface area contributed by atoms with Gasteiger partial charge in [0.25, 0.3) is 0 Å². The Kier molecular flexibility index (Phi) is 6.10. The Bertz CT molecular complexity index is 904. The summed E-state index contributed by atoms with van der Waals surface area (Å²) in [7, 11) is 2.23. The van der Waals surface area contributed by atoms with Gasteiger partial charge >= 0.3 is 6.03 Å². The lowest BCUT2D eigenvalue weighted by molar-refractivity contribution is 0.153. The Hall–Kier alpha value is -2.18. The zero-order chi connectivity index (χ0) is 21.2. The Balaban J connectivity index is 1.34. The van der Waals surface area contributed by atoms with Crippen molar-refractivity contribution in [1.29, 1.82) is 0 Å². The first-order valence-corrected chi connectivity index (χ1v) is 12.0. The molecular formula is C25H35N5O. The van der Waals surface area contributed by atoms with Gasteiger partial charge in [-0.1, -0.05) is 24.3 Å². The van der Waals surface area contributed by atoms with Crippen molar-refractivity contribution in [3.05, 3.63) is 36.5 Å². The van der Waals surface area contributed by atoms with Crippen LogP contribution in [-0.4, -0.2) is 73.2 Å². The third kappa shape index (κ3) is 4.41. The largest absolute Gasteiger partial charge is 0.325 e. The number of likely N-dealkylation sites (tertiary alicyclic amines) is 2. The summed E-state index contributed by atoms with van der Waals surface area (Å²) in [5, 5.41) is 5.73. The molecule has 2 amide bonds. The van der Waals surface area contributed by atoms with Crippen LogP contribution in [0.25, 0.3) is 10.8 Å². The number of carbonyl (C=O) groups excluding carboxylic acids is 1. The third-order valence-electron chi connectivity index (χ3n) is 7.61. The highest BCUT2D eigenvalue weighted by atomic mass is 16.2. The molecule has 31 heavy (non-hydrogen) atoms. The van der Waals surface area contributed by atoms with E-state index in [1.807, 2.05) is 23.2 Å². The van der Waals surface area contributed by atoms with E-state index in [1.165, 1.54) is 19.5 Å². The second-order valence-corrected chi connectivity index (χ2v) is 9.68. The highest BCUT2D eigenvalue weighted by molar-refractivity contribution is 5.94. The van der Waals surface area contributed by atoms with Crippen LogP contribution < -0.4 is 10.2 Å². The summed E-state index contributed by atoms with van der Waals surface area (Å²) >= 11 is 0. The van der Waals surface area contributed by atoms with Crippen molar-refractivity contribution in [2.45, 2.75) is 38.1 Å². The molecule has 3 aliphatic heterocycles. The van der Waals surface area contributed by atoms with Crippen molar-refractivity contribution >= 4 is 22.6 Å². The molecule has 1 unspecified atom stereocenters. The number of fused-ring (bicyclic) bond motifs is 1. The minimum atomic E-state index is 0.137. The quantitative estimate of drug-likeness (QED) is 0.823. The Morgan fingerprint density at radius 1 is 1.06 bits per heavy atom. The van der Waals surface area contributed by atoms with E-state index in [1.54, 1.807) is 0 Å². The van der Waals surface area contributed by atoms with Gasteiger partial charge in [0.1, 0.15) is 5.82 Å². The summed E-state index contributed by atoms with van der Waals surface area (Å²) in [5.74, 6) is 2.36. The molecule has 1 N–H and O–H groups in total. The first-order chi connectivity index (χ1) is 15.2. The molecule has 0 aliphatic carbocycles. The van der Waals surface area contributed by atoms with Gasteiger partial charge in [-0.05, 0) is 75.5 Å². The molecule has 4 heterocycles. The molecule has 1 aromatic carbocycles. The van der Waals surface area contributed by atoms with Gasteiger partial charge in [-0.2, -0.15) is 0 Å². The number of hydrogen-bond acceptors (Lipinski definition) is 4. The van der Waals surface area contributed by atoms with Crippen LogP contribution in [-0.2, 0) is 0 Å². The van der Waals surface area contributed by atoms with Crippen LogP contribution >= 0.6 is 0 Å². The number of nitrogens with zero attached hydrogens (tertiary/aromatic N) is 4. The van der Waals surface area contributed by atoms with Crippen LogP contribution in [0.3, 0.4) is 0 Å². The fraction of sp³-hybridized carbons (Fsp3) is 0.600. The predicted octanol–water partition coefficient (Wildman–Crippen LogP) is 3.58. The second kappa shape index (κ2) is 9.13. The fourth-order valence-corrected chi connectivity index (χ4v) is 5.77. The minimum absolute atomic E-state index is 0.137. The molecule has 166 valence electrons. The van der Waals surface area contributed by atoms with Gasteiger partial charge in [0.05, 0.1) is 6.04 Å². The van der Waals surface area contributed by atoms with E-state index in [0.717, 1.165) is 80.3 Å². The lowest BCUT2D eigenvalue weighted by atomic mass is 9.84. The number of piperidine rings is 2. The number of pyridine rings is 1. The van der Waals surface area contributed by atoms with Crippen molar-refractivity contribution in [2.24, 2.45) is 11.8 Å².